The molecule has 2 aromatic carbocycles. The van der Waals surface area contributed by atoms with Crippen LogP contribution < -0.4 is 108 Å². The van der Waals surface area contributed by atoms with Crippen molar-refractivity contribution in [1.82, 2.24) is 0 Å². The first kappa shape index (κ1) is 30.4. The van der Waals surface area contributed by atoms with Crippen LogP contribution in [0.4, 0.5) is 0 Å². The normalized spacial score (nSPS) is 8.40. The Morgan fingerprint density at radius 3 is 1.76 bits per heavy atom. The maximum atomic E-state index is 11.0. The quantitative estimate of drug-likeness (QED) is 0.475. The molecule has 0 fully saturated rings. The minimum Gasteiger partial charge on any atom is -0.872 e. The van der Waals surface area contributed by atoms with Crippen LogP contribution >= 0.6 is 0 Å². The Hall–Kier alpha value is 0.640. The van der Waals surface area contributed by atoms with Gasteiger partial charge in [-0.3, -0.25) is 0 Å². The van der Waals surface area contributed by atoms with Crippen LogP contribution in [0.1, 0.15) is 26.7 Å². The van der Waals surface area contributed by atoms with Crippen LogP contribution in [0.25, 0.3) is 0 Å². The van der Waals surface area contributed by atoms with Gasteiger partial charge in [-0.2, -0.15) is 0 Å². The Bertz CT molecular complexity index is 536. The Morgan fingerprint density at radius 1 is 0.720 bits per heavy atom. The second-order valence-electron chi connectivity index (χ2n) is 4.62. The molecule has 0 atom stereocenters. The largest absolute Gasteiger partial charge is 1.00 e. The van der Waals surface area contributed by atoms with Gasteiger partial charge in [-0.25, -0.2) is 0 Å². The van der Waals surface area contributed by atoms with Gasteiger partial charge in [0.2, 0.25) is 0 Å². The zero-order valence-electron chi connectivity index (χ0n) is 16.1. The van der Waals surface area contributed by atoms with Crippen molar-refractivity contribution in [2.24, 2.45) is 0 Å². The molecule has 0 saturated carbocycles. The van der Waals surface area contributed by atoms with Crippen molar-refractivity contribution in [3.63, 3.8) is 0 Å². The third-order valence-corrected chi connectivity index (χ3v) is 2.61. The van der Waals surface area contributed by atoms with Crippen LogP contribution in [-0.4, -0.2) is 13.2 Å². The Labute approximate surface area is 217 Å². The van der Waals surface area contributed by atoms with Crippen LogP contribution in [0.5, 0.6) is 23.0 Å². The molecule has 0 N–H and O–H groups in total. The van der Waals surface area contributed by atoms with Crippen LogP contribution in [0.15, 0.2) is 48.5 Å². The van der Waals surface area contributed by atoms with Crippen molar-refractivity contribution in [1.29, 1.82) is 0 Å². The maximum absolute atomic E-state index is 11.0. The summed E-state index contributed by atoms with van der Waals surface area (Å²) in [6, 6.07) is 13.1. The number of hydrogen-bond acceptors (Lipinski definition) is 4. The van der Waals surface area contributed by atoms with E-state index >= 15 is 0 Å². The second kappa shape index (κ2) is 19.4. The fourth-order valence-corrected chi connectivity index (χ4v) is 1.54. The molecular weight excluding hydrogens is 349 g/mol. The summed E-state index contributed by atoms with van der Waals surface area (Å²) in [6.45, 7) is 5.37. The monoisotopic (exact) mass is 371 g/mol. The van der Waals surface area contributed by atoms with E-state index in [1.165, 1.54) is 18.2 Å². The van der Waals surface area contributed by atoms with Crippen molar-refractivity contribution >= 4 is 0 Å². The zero-order chi connectivity index (χ0) is 16.2. The van der Waals surface area contributed by atoms with Crippen molar-refractivity contribution in [3.8, 4) is 23.0 Å². The molecule has 25 heavy (non-hydrogen) atoms. The standard InChI is InChI=1S/2C9H12O2.3Na/c1-2-7-11-9-5-3-8(10)4-6-9;1-2-7-11-9-6-4-3-5-8(9)10;;;/h2*3-6,10H,2,7H2,1H3;;;/q;;3*+1/p-2. The predicted molar refractivity (Wildman–Crippen MR) is 83.3 cm³/mol. The smallest absolute Gasteiger partial charge is 0.872 e. The Morgan fingerprint density at radius 2 is 1.24 bits per heavy atom. The maximum Gasteiger partial charge on any atom is 1.00 e. The Kier molecular flexibility index (Phi) is 23.6. The molecule has 7 heteroatoms. The number of hydrogen-bond donors (Lipinski definition) is 0. The van der Waals surface area contributed by atoms with Gasteiger partial charge in [0, 0.05) is 0 Å². The second-order valence-corrected chi connectivity index (χ2v) is 4.62. The molecule has 0 bridgehead atoms. The molecule has 0 radical (unpaired) electrons. The summed E-state index contributed by atoms with van der Waals surface area (Å²) in [5.41, 5.74) is 0. The fourth-order valence-electron chi connectivity index (χ4n) is 1.54. The molecule has 0 aliphatic carbocycles. The minimum absolute atomic E-state index is 0. The molecule has 2 aromatic rings. The first-order valence-corrected chi connectivity index (χ1v) is 7.46. The van der Waals surface area contributed by atoms with E-state index in [0.29, 0.717) is 19.0 Å². The van der Waals surface area contributed by atoms with Gasteiger partial charge in [0.15, 0.2) is 0 Å². The van der Waals surface area contributed by atoms with Crippen molar-refractivity contribution in [3.05, 3.63) is 48.5 Å². The first-order chi connectivity index (χ1) is 10.7. The van der Waals surface area contributed by atoms with Crippen LogP contribution in [-0.2, 0) is 0 Å². The van der Waals surface area contributed by atoms with E-state index in [1.807, 2.05) is 13.8 Å². The molecule has 0 heterocycles. The first-order valence-electron chi connectivity index (χ1n) is 7.46. The van der Waals surface area contributed by atoms with Crippen LogP contribution in [0.2, 0.25) is 0 Å². The van der Waals surface area contributed by atoms with Crippen molar-refractivity contribution in [2.75, 3.05) is 13.2 Å². The number of ether oxygens (including phenoxy) is 2. The summed E-state index contributed by atoms with van der Waals surface area (Å²) in [4.78, 5) is 0. The third kappa shape index (κ3) is 14.4. The summed E-state index contributed by atoms with van der Waals surface area (Å²) < 4.78 is 10.4. The number of rotatable bonds is 6. The molecule has 0 saturated heterocycles. The van der Waals surface area contributed by atoms with Gasteiger partial charge in [-0.1, -0.05) is 49.9 Å². The SMILES string of the molecule is CCCOc1ccc([O-])cc1.CCCOc1ccccc1[O-].[Na+].[Na+].[Na+]. The van der Waals surface area contributed by atoms with E-state index in [9.17, 15) is 10.2 Å². The van der Waals surface area contributed by atoms with Gasteiger partial charge in [-0.15, -0.1) is 5.75 Å². The van der Waals surface area contributed by atoms with Crippen molar-refractivity contribution in [2.45, 2.75) is 26.7 Å². The summed E-state index contributed by atoms with van der Waals surface area (Å²) in [7, 11) is 0. The topological polar surface area (TPSA) is 64.6 Å². The molecule has 0 unspecified atom stereocenters. The molecule has 0 aliphatic rings. The van der Waals surface area contributed by atoms with Crippen LogP contribution in [0, 0.1) is 0 Å². The molecule has 0 aliphatic heterocycles. The Balaban J connectivity index is -0.000000346. The van der Waals surface area contributed by atoms with Crippen LogP contribution in [0.3, 0.4) is 0 Å². The van der Waals surface area contributed by atoms with Gasteiger partial charge in [-0.05, 0) is 31.0 Å². The molecular formula is C18H22Na3O4+. The molecule has 4 nitrogen and oxygen atoms in total. The zero-order valence-corrected chi connectivity index (χ0v) is 22.1. The van der Waals surface area contributed by atoms with Crippen molar-refractivity contribution < 1.29 is 108 Å². The summed E-state index contributed by atoms with van der Waals surface area (Å²) >= 11 is 0. The summed E-state index contributed by atoms with van der Waals surface area (Å²) in [5, 5.41) is 21.6. The fraction of sp³-hybridized carbons (Fsp3) is 0.333. The van der Waals surface area contributed by atoms with E-state index in [1.54, 1.807) is 30.3 Å². The molecule has 0 amide bonds. The van der Waals surface area contributed by atoms with Gasteiger partial charge in [0.1, 0.15) is 11.5 Å². The molecule has 2 rings (SSSR count). The number of benzene rings is 2. The van der Waals surface area contributed by atoms with E-state index in [0.717, 1.165) is 18.6 Å². The minimum atomic E-state index is -0.0408. The van der Waals surface area contributed by atoms with E-state index in [4.69, 9.17) is 9.47 Å². The van der Waals surface area contributed by atoms with Gasteiger partial charge in [0.25, 0.3) is 0 Å². The van der Waals surface area contributed by atoms with Gasteiger partial charge >= 0.3 is 88.7 Å². The van der Waals surface area contributed by atoms with E-state index < -0.39 is 0 Å². The van der Waals surface area contributed by atoms with E-state index in [2.05, 4.69) is 0 Å². The average Bonchev–Trinajstić information content (AvgIpc) is 2.54. The van der Waals surface area contributed by atoms with Gasteiger partial charge < -0.3 is 19.7 Å². The van der Waals surface area contributed by atoms with E-state index in [-0.39, 0.29) is 100 Å². The molecule has 0 aromatic heterocycles. The summed E-state index contributed by atoms with van der Waals surface area (Å²) in [5.74, 6) is 1.20. The number of para-hydroxylation sites is 2. The third-order valence-electron chi connectivity index (χ3n) is 2.61. The van der Waals surface area contributed by atoms with Gasteiger partial charge in [0.05, 0.1) is 13.2 Å². The average molecular weight is 371 g/mol. The predicted octanol–water partition coefficient (Wildman–Crippen LogP) is -5.89. The molecule has 120 valence electrons. The summed E-state index contributed by atoms with van der Waals surface area (Å²) in [6.07, 6.45) is 1.91. The molecule has 0 spiro atoms.